The highest BCUT2D eigenvalue weighted by atomic mass is 35.5. The Hall–Kier alpha value is -0.470. The molecule has 2 rings (SSSR count). The van der Waals surface area contributed by atoms with E-state index in [-0.39, 0.29) is 18.4 Å². The first-order valence-electron chi connectivity index (χ1n) is 5.15. The molecule has 0 aliphatic heterocycles. The molecular formula is C11H18ClNO. The maximum Gasteiger partial charge on any atom is 0.0950 e. The molecule has 2 nitrogen and oxygen atoms in total. The van der Waals surface area contributed by atoms with Crippen molar-refractivity contribution in [1.82, 2.24) is 0 Å². The summed E-state index contributed by atoms with van der Waals surface area (Å²) in [6.45, 7) is 0. The molecule has 0 spiro atoms. The second-order valence-electron chi connectivity index (χ2n) is 3.98. The minimum absolute atomic E-state index is 0. The molecule has 0 unspecified atom stereocenters. The maximum atomic E-state index is 6.15. The van der Waals surface area contributed by atoms with Gasteiger partial charge in [-0.25, -0.2) is 0 Å². The van der Waals surface area contributed by atoms with Crippen LogP contribution in [0.1, 0.15) is 43.7 Å². The van der Waals surface area contributed by atoms with Crippen LogP contribution in [0.4, 0.5) is 0 Å². The minimum atomic E-state index is 0. The molecular weight excluding hydrogens is 198 g/mol. The Morgan fingerprint density at radius 3 is 2.57 bits per heavy atom. The molecule has 1 aliphatic carbocycles. The minimum Gasteiger partial charge on any atom is -0.472 e. The van der Waals surface area contributed by atoms with Crippen LogP contribution in [0.15, 0.2) is 23.0 Å². The van der Waals surface area contributed by atoms with Gasteiger partial charge in [0.05, 0.1) is 12.5 Å². The van der Waals surface area contributed by atoms with E-state index in [2.05, 4.69) is 0 Å². The maximum absolute atomic E-state index is 6.15. The molecule has 0 saturated heterocycles. The number of hydrogen-bond acceptors (Lipinski definition) is 2. The number of hydrogen-bond donors (Lipinski definition) is 1. The fraction of sp³-hybridized carbons (Fsp3) is 0.636. The van der Waals surface area contributed by atoms with Crippen molar-refractivity contribution in [3.8, 4) is 0 Å². The number of rotatable bonds is 2. The quantitative estimate of drug-likeness (QED) is 0.823. The van der Waals surface area contributed by atoms with Gasteiger partial charge in [-0.05, 0) is 24.8 Å². The molecule has 2 N–H and O–H groups in total. The first-order valence-corrected chi connectivity index (χ1v) is 5.15. The van der Waals surface area contributed by atoms with Gasteiger partial charge in [0, 0.05) is 11.6 Å². The molecule has 1 heterocycles. The van der Waals surface area contributed by atoms with Gasteiger partial charge < -0.3 is 10.2 Å². The van der Waals surface area contributed by atoms with Gasteiger partial charge in [-0.2, -0.15) is 0 Å². The van der Waals surface area contributed by atoms with Gasteiger partial charge in [-0.1, -0.05) is 19.3 Å². The monoisotopic (exact) mass is 215 g/mol. The van der Waals surface area contributed by atoms with Gasteiger partial charge in [0.15, 0.2) is 0 Å². The van der Waals surface area contributed by atoms with Crippen LogP contribution >= 0.6 is 12.4 Å². The lowest BCUT2D eigenvalue weighted by molar-refractivity contribution is 0.307. The van der Waals surface area contributed by atoms with Crippen molar-refractivity contribution in [3.63, 3.8) is 0 Å². The van der Waals surface area contributed by atoms with Crippen LogP contribution < -0.4 is 5.73 Å². The third-order valence-electron chi connectivity index (χ3n) is 3.09. The predicted molar refractivity (Wildman–Crippen MR) is 59.5 cm³/mol. The Bertz CT molecular complexity index is 242. The summed E-state index contributed by atoms with van der Waals surface area (Å²) in [4.78, 5) is 0. The van der Waals surface area contributed by atoms with E-state index in [1.165, 1.54) is 32.1 Å². The first kappa shape index (κ1) is 11.6. The molecule has 80 valence electrons. The van der Waals surface area contributed by atoms with Crippen molar-refractivity contribution < 1.29 is 4.42 Å². The van der Waals surface area contributed by atoms with Gasteiger partial charge in [-0.3, -0.25) is 0 Å². The summed E-state index contributed by atoms with van der Waals surface area (Å²) in [5, 5.41) is 0. The van der Waals surface area contributed by atoms with E-state index in [0.29, 0.717) is 5.92 Å². The van der Waals surface area contributed by atoms with Gasteiger partial charge in [0.1, 0.15) is 0 Å². The lowest BCUT2D eigenvalue weighted by atomic mass is 9.82. The molecule has 1 aliphatic rings. The van der Waals surface area contributed by atoms with Crippen LogP contribution in [0.25, 0.3) is 0 Å². The molecule has 0 amide bonds. The highest BCUT2D eigenvalue weighted by Gasteiger charge is 2.22. The third kappa shape index (κ3) is 2.52. The van der Waals surface area contributed by atoms with Gasteiger partial charge in [-0.15, -0.1) is 12.4 Å². The summed E-state index contributed by atoms with van der Waals surface area (Å²) in [5.74, 6) is 0.673. The average molecular weight is 216 g/mol. The van der Waals surface area contributed by atoms with Crippen LogP contribution in [0.2, 0.25) is 0 Å². The standard InChI is InChI=1S/C11H17NO.ClH/c12-11(10-6-7-13-8-10)9-4-2-1-3-5-9;/h6-9,11H,1-5,12H2;1H/t11-;/m0./s1. The van der Waals surface area contributed by atoms with Crippen molar-refractivity contribution in [2.24, 2.45) is 11.7 Å². The zero-order valence-corrected chi connectivity index (χ0v) is 9.13. The summed E-state index contributed by atoms with van der Waals surface area (Å²) >= 11 is 0. The molecule has 1 aromatic heterocycles. The van der Waals surface area contributed by atoms with Gasteiger partial charge in [0.25, 0.3) is 0 Å². The SMILES string of the molecule is Cl.N[C@H](c1ccoc1)C1CCCCC1. The Morgan fingerprint density at radius 1 is 1.29 bits per heavy atom. The van der Waals surface area contributed by atoms with Crippen molar-refractivity contribution >= 4 is 12.4 Å². The van der Waals surface area contributed by atoms with Gasteiger partial charge >= 0.3 is 0 Å². The molecule has 1 saturated carbocycles. The zero-order chi connectivity index (χ0) is 9.10. The molecule has 14 heavy (non-hydrogen) atoms. The lowest BCUT2D eigenvalue weighted by Gasteiger charge is -2.26. The second-order valence-corrected chi connectivity index (χ2v) is 3.98. The van der Waals surface area contributed by atoms with E-state index in [1.807, 2.05) is 6.07 Å². The van der Waals surface area contributed by atoms with Crippen LogP contribution in [-0.4, -0.2) is 0 Å². The largest absolute Gasteiger partial charge is 0.472 e. The highest BCUT2D eigenvalue weighted by molar-refractivity contribution is 5.85. The van der Waals surface area contributed by atoms with Crippen LogP contribution in [0, 0.1) is 5.92 Å². The molecule has 0 bridgehead atoms. The summed E-state index contributed by atoms with van der Waals surface area (Å²) in [6.07, 6.45) is 10.1. The average Bonchev–Trinajstić information content (AvgIpc) is 2.71. The van der Waals surface area contributed by atoms with E-state index in [1.54, 1.807) is 12.5 Å². The third-order valence-corrected chi connectivity index (χ3v) is 3.09. The summed E-state index contributed by atoms with van der Waals surface area (Å²) < 4.78 is 5.05. The van der Waals surface area contributed by atoms with E-state index < -0.39 is 0 Å². The predicted octanol–water partition coefficient (Wildman–Crippen LogP) is 3.28. The summed E-state index contributed by atoms with van der Waals surface area (Å²) in [6, 6.07) is 2.18. The lowest BCUT2D eigenvalue weighted by Crippen LogP contribution is -2.22. The molecule has 1 atom stereocenters. The fourth-order valence-electron chi connectivity index (χ4n) is 2.23. The van der Waals surface area contributed by atoms with Crippen LogP contribution in [-0.2, 0) is 0 Å². The van der Waals surface area contributed by atoms with Crippen molar-refractivity contribution in [2.75, 3.05) is 0 Å². The molecule has 0 radical (unpaired) electrons. The second kappa shape index (κ2) is 5.42. The topological polar surface area (TPSA) is 39.2 Å². The Balaban J connectivity index is 0.000000980. The molecule has 0 aromatic carbocycles. The van der Waals surface area contributed by atoms with E-state index in [0.717, 1.165) is 5.56 Å². The Morgan fingerprint density at radius 2 is 2.00 bits per heavy atom. The fourth-order valence-corrected chi connectivity index (χ4v) is 2.23. The number of nitrogens with two attached hydrogens (primary N) is 1. The van der Waals surface area contributed by atoms with Crippen molar-refractivity contribution in [2.45, 2.75) is 38.1 Å². The van der Waals surface area contributed by atoms with E-state index in [9.17, 15) is 0 Å². The normalized spacial score (nSPS) is 20.1. The van der Waals surface area contributed by atoms with Crippen molar-refractivity contribution in [1.29, 1.82) is 0 Å². The van der Waals surface area contributed by atoms with E-state index in [4.69, 9.17) is 10.2 Å². The summed E-state index contributed by atoms with van der Waals surface area (Å²) in [7, 11) is 0. The Kier molecular flexibility index (Phi) is 4.49. The number of furan rings is 1. The highest BCUT2D eigenvalue weighted by Crippen LogP contribution is 2.32. The Labute approximate surface area is 91.3 Å². The zero-order valence-electron chi connectivity index (χ0n) is 8.32. The smallest absolute Gasteiger partial charge is 0.0950 e. The van der Waals surface area contributed by atoms with Crippen LogP contribution in [0.5, 0.6) is 0 Å². The molecule has 1 fully saturated rings. The molecule has 3 heteroatoms. The summed E-state index contributed by atoms with van der Waals surface area (Å²) in [5.41, 5.74) is 7.31. The van der Waals surface area contributed by atoms with Crippen LogP contribution in [0.3, 0.4) is 0 Å². The van der Waals surface area contributed by atoms with E-state index >= 15 is 0 Å². The first-order chi connectivity index (χ1) is 6.38. The number of halogens is 1. The molecule has 1 aromatic rings. The van der Waals surface area contributed by atoms with Gasteiger partial charge in [0.2, 0.25) is 0 Å². The van der Waals surface area contributed by atoms with Crippen molar-refractivity contribution in [3.05, 3.63) is 24.2 Å².